The fourth-order valence-corrected chi connectivity index (χ4v) is 4.21. The van der Waals surface area contributed by atoms with Crippen LogP contribution < -0.4 is 5.32 Å². The highest BCUT2D eigenvalue weighted by molar-refractivity contribution is 6.10. The van der Waals surface area contributed by atoms with E-state index in [0.717, 1.165) is 11.1 Å². The Kier molecular flexibility index (Phi) is 7.81. The zero-order valence-electron chi connectivity index (χ0n) is 20.4. The number of likely N-dealkylation sites (N-methyl/N-ethyl adjacent to an activating group) is 1. The van der Waals surface area contributed by atoms with Gasteiger partial charge in [-0.3, -0.25) is 24.9 Å². The van der Waals surface area contributed by atoms with Crippen molar-refractivity contribution in [1.82, 2.24) is 20.1 Å². The summed E-state index contributed by atoms with van der Waals surface area (Å²) in [5, 5.41) is 11.6. The monoisotopic (exact) mass is 469 g/mol. The van der Waals surface area contributed by atoms with E-state index in [1.165, 1.54) is 4.90 Å². The zero-order valence-corrected chi connectivity index (χ0v) is 20.4. The van der Waals surface area contributed by atoms with E-state index in [0.29, 0.717) is 23.4 Å². The number of nitrogens with one attached hydrogen (secondary N) is 2. The molecular formula is C28H31N5O2. The number of benzene rings is 1. The Morgan fingerprint density at radius 2 is 2.03 bits per heavy atom. The van der Waals surface area contributed by atoms with E-state index < -0.39 is 5.54 Å². The van der Waals surface area contributed by atoms with Gasteiger partial charge in [-0.05, 0) is 54.8 Å². The van der Waals surface area contributed by atoms with Crippen molar-refractivity contribution in [2.24, 2.45) is 0 Å². The first kappa shape index (κ1) is 25.4. The van der Waals surface area contributed by atoms with E-state index in [2.05, 4.69) is 23.5 Å². The summed E-state index contributed by atoms with van der Waals surface area (Å²) in [7, 11) is 1.72. The van der Waals surface area contributed by atoms with Crippen molar-refractivity contribution in [2.45, 2.75) is 25.9 Å². The first-order valence-electron chi connectivity index (χ1n) is 11.3. The largest absolute Gasteiger partial charge is 0.337 e. The van der Waals surface area contributed by atoms with Crippen LogP contribution in [0.2, 0.25) is 0 Å². The molecule has 0 saturated carbocycles. The molecule has 1 saturated heterocycles. The van der Waals surface area contributed by atoms with Gasteiger partial charge < -0.3 is 10.2 Å². The topological polar surface area (TPSA) is 89.4 Å². The summed E-state index contributed by atoms with van der Waals surface area (Å²) in [5.74, 6) is -0.520. The number of hydrogen-bond acceptors (Lipinski definition) is 4. The Balaban J connectivity index is 1.89. The lowest BCUT2D eigenvalue weighted by molar-refractivity contribution is -0.130. The minimum absolute atomic E-state index is 0.0432. The predicted molar refractivity (Wildman–Crippen MR) is 139 cm³/mol. The van der Waals surface area contributed by atoms with Gasteiger partial charge in [0, 0.05) is 25.4 Å². The van der Waals surface area contributed by atoms with Crippen molar-refractivity contribution >= 4 is 17.8 Å². The van der Waals surface area contributed by atoms with Crippen molar-refractivity contribution in [2.75, 3.05) is 13.6 Å². The number of hydrogen-bond donors (Lipinski definition) is 2. The summed E-state index contributed by atoms with van der Waals surface area (Å²) in [4.78, 5) is 34.1. The van der Waals surface area contributed by atoms with E-state index in [4.69, 9.17) is 5.41 Å². The Morgan fingerprint density at radius 3 is 2.66 bits per heavy atom. The highest BCUT2D eigenvalue weighted by atomic mass is 16.2. The van der Waals surface area contributed by atoms with Gasteiger partial charge >= 0.3 is 0 Å². The Hall–Kier alpha value is -4.26. The van der Waals surface area contributed by atoms with E-state index >= 15 is 0 Å². The Bertz CT molecular complexity index is 1210. The first-order chi connectivity index (χ1) is 16.8. The van der Waals surface area contributed by atoms with Crippen LogP contribution in [-0.4, -0.2) is 46.2 Å². The van der Waals surface area contributed by atoms with E-state index in [1.54, 1.807) is 66.7 Å². The number of allylic oxidation sites excluding steroid dienone is 2. The number of rotatable bonds is 9. The predicted octanol–water partition coefficient (Wildman–Crippen LogP) is 4.18. The minimum Gasteiger partial charge on any atom is -0.337 e. The van der Waals surface area contributed by atoms with Crippen LogP contribution in [0.4, 0.5) is 0 Å². The number of nitrogens with zero attached hydrogens (tertiary/aromatic N) is 3. The number of guanidine groups is 1. The van der Waals surface area contributed by atoms with Gasteiger partial charge in [0.2, 0.25) is 0 Å². The lowest BCUT2D eigenvalue weighted by Gasteiger charge is -2.28. The lowest BCUT2D eigenvalue weighted by atomic mass is 9.85. The second-order valence-corrected chi connectivity index (χ2v) is 8.30. The number of carbonyl (C=O) groups is 2. The average Bonchev–Trinajstić information content (AvgIpc) is 3.10. The van der Waals surface area contributed by atoms with Gasteiger partial charge in [-0.1, -0.05) is 55.7 Å². The van der Waals surface area contributed by atoms with Crippen LogP contribution in [-0.2, 0) is 16.9 Å². The molecule has 3 rings (SSSR count). The molecule has 7 nitrogen and oxygen atoms in total. The number of aromatic nitrogens is 1. The van der Waals surface area contributed by atoms with E-state index in [1.807, 2.05) is 32.1 Å². The van der Waals surface area contributed by atoms with Crippen molar-refractivity contribution in [3.05, 3.63) is 114 Å². The second-order valence-electron chi connectivity index (χ2n) is 8.30. The standard InChI is InChI=1S/C28H31N5O2/c1-6-12-20(4)18-32(5)25(34)22-14-11-13-21(17-22)19-33-26(35)28(31-27(33)29,23(7-2)8-3)24-15-9-10-16-30-24/h6-17H,2,4,18-19H2,1,3,5H3,(H2,29,31)/b12-6-,23-8+. The summed E-state index contributed by atoms with van der Waals surface area (Å²) in [6.45, 7) is 12.1. The molecule has 1 aromatic heterocycles. The molecule has 35 heavy (non-hydrogen) atoms. The quantitative estimate of drug-likeness (QED) is 0.539. The van der Waals surface area contributed by atoms with Crippen LogP contribution in [0.3, 0.4) is 0 Å². The third kappa shape index (κ3) is 4.99. The van der Waals surface area contributed by atoms with Gasteiger partial charge in [0.25, 0.3) is 11.8 Å². The summed E-state index contributed by atoms with van der Waals surface area (Å²) in [6.07, 6.45) is 8.76. The van der Waals surface area contributed by atoms with Crippen molar-refractivity contribution in [3.63, 3.8) is 0 Å². The average molecular weight is 470 g/mol. The molecule has 2 aromatic rings. The maximum atomic E-state index is 13.8. The molecule has 1 atom stereocenters. The second kappa shape index (κ2) is 10.8. The van der Waals surface area contributed by atoms with Gasteiger partial charge in [-0.15, -0.1) is 0 Å². The van der Waals surface area contributed by atoms with Crippen molar-refractivity contribution in [3.8, 4) is 0 Å². The molecule has 180 valence electrons. The molecule has 7 heteroatoms. The molecule has 2 amide bonds. The zero-order chi connectivity index (χ0) is 25.6. The van der Waals surface area contributed by atoms with E-state index in [9.17, 15) is 9.59 Å². The molecule has 1 unspecified atom stereocenters. The van der Waals surface area contributed by atoms with Crippen molar-refractivity contribution in [1.29, 1.82) is 5.41 Å². The molecule has 0 spiro atoms. The molecule has 1 aliphatic heterocycles. The lowest BCUT2D eigenvalue weighted by Crippen LogP contribution is -2.46. The van der Waals surface area contributed by atoms with Gasteiger partial charge in [0.1, 0.15) is 0 Å². The molecule has 0 bridgehead atoms. The maximum Gasteiger partial charge on any atom is 0.266 e. The van der Waals surface area contributed by atoms with Crippen LogP contribution in [0.5, 0.6) is 0 Å². The van der Waals surface area contributed by atoms with Crippen LogP contribution >= 0.6 is 0 Å². The van der Waals surface area contributed by atoms with Crippen LogP contribution in [0, 0.1) is 5.41 Å². The molecule has 1 fully saturated rings. The molecule has 2 N–H and O–H groups in total. The molecule has 1 aliphatic rings. The fraction of sp³-hybridized carbons (Fsp3) is 0.214. The number of pyridine rings is 1. The molecule has 0 aliphatic carbocycles. The summed E-state index contributed by atoms with van der Waals surface area (Å²) < 4.78 is 0. The smallest absolute Gasteiger partial charge is 0.266 e. The molecule has 2 heterocycles. The number of amides is 2. The third-order valence-electron chi connectivity index (χ3n) is 5.86. The van der Waals surface area contributed by atoms with E-state index in [-0.39, 0.29) is 24.3 Å². The first-order valence-corrected chi connectivity index (χ1v) is 11.3. The van der Waals surface area contributed by atoms with Crippen molar-refractivity contribution < 1.29 is 9.59 Å². The summed E-state index contributed by atoms with van der Waals surface area (Å²) in [5.41, 5.74) is 1.82. The summed E-state index contributed by atoms with van der Waals surface area (Å²) >= 11 is 0. The van der Waals surface area contributed by atoms with Gasteiger partial charge in [-0.25, -0.2) is 0 Å². The molecule has 0 radical (unpaired) electrons. The Labute approximate surface area is 206 Å². The molecule has 1 aromatic carbocycles. The van der Waals surface area contributed by atoms with Gasteiger partial charge in [0.05, 0.1) is 12.2 Å². The SMILES string of the molecule is C=C/C(=C\C)C1(c2ccccn2)NC(=N)N(Cc2cccc(C(=O)N(C)CC(=C)/C=C\C)c2)C1=O. The highest BCUT2D eigenvalue weighted by Crippen LogP contribution is 2.36. The van der Waals surface area contributed by atoms with Crippen LogP contribution in [0.15, 0.2) is 97.3 Å². The minimum atomic E-state index is -1.34. The van der Waals surface area contributed by atoms with Crippen LogP contribution in [0.25, 0.3) is 0 Å². The highest BCUT2D eigenvalue weighted by Gasteiger charge is 2.53. The third-order valence-corrected chi connectivity index (χ3v) is 5.86. The Morgan fingerprint density at radius 1 is 1.26 bits per heavy atom. The normalized spacial score (nSPS) is 18.0. The fourth-order valence-electron chi connectivity index (χ4n) is 4.21. The van der Waals surface area contributed by atoms with Gasteiger partial charge in [-0.2, -0.15) is 0 Å². The number of carbonyl (C=O) groups excluding carboxylic acids is 2. The van der Waals surface area contributed by atoms with Gasteiger partial charge in [0.15, 0.2) is 11.5 Å². The maximum absolute atomic E-state index is 13.8. The molecular weight excluding hydrogens is 438 g/mol. The summed E-state index contributed by atoms with van der Waals surface area (Å²) in [6, 6.07) is 12.4. The van der Waals surface area contributed by atoms with Crippen LogP contribution in [0.1, 0.15) is 35.5 Å².